The van der Waals surface area contributed by atoms with E-state index in [0.717, 1.165) is 0 Å². The van der Waals surface area contributed by atoms with Crippen LogP contribution < -0.4 is 20.1 Å². The fourth-order valence-electron chi connectivity index (χ4n) is 2.77. The van der Waals surface area contributed by atoms with Crippen LogP contribution in [0.25, 0.3) is 0 Å². The first-order valence-corrected chi connectivity index (χ1v) is 12.3. The number of aliphatic hydroxyl groups excluding tert-OH is 2. The average Bonchev–Trinajstić information content (AvgIpc) is 2.81. The summed E-state index contributed by atoms with van der Waals surface area (Å²) in [6.07, 6.45) is -1.44. The molecule has 0 saturated carbocycles. The Morgan fingerprint density at radius 1 is 0.711 bits per heavy atom. The minimum absolute atomic E-state index is 0.116. The van der Waals surface area contributed by atoms with E-state index in [9.17, 15) is 19.8 Å². The van der Waals surface area contributed by atoms with E-state index in [2.05, 4.69) is 10.6 Å². The van der Waals surface area contributed by atoms with Crippen molar-refractivity contribution in [2.24, 2.45) is 10.8 Å². The highest BCUT2D eigenvalue weighted by Crippen LogP contribution is 2.34. The average molecular weight is 535 g/mol. The molecule has 2 aromatic carbocycles. The Hall–Kier alpha value is -3.18. The molecular formula is C28H42N2O8. The predicted octanol–water partition coefficient (Wildman–Crippen LogP) is 3.19. The summed E-state index contributed by atoms with van der Waals surface area (Å²) >= 11 is 0. The molecule has 0 saturated heterocycles. The second kappa shape index (κ2) is 14.1. The third-order valence-corrected chi connectivity index (χ3v) is 5.16. The second-order valence-electron chi connectivity index (χ2n) is 10.9. The molecule has 0 fully saturated rings. The van der Waals surface area contributed by atoms with Crippen LogP contribution in [0.1, 0.15) is 64.9 Å². The van der Waals surface area contributed by atoms with Crippen molar-refractivity contribution in [1.29, 1.82) is 0 Å². The van der Waals surface area contributed by atoms with E-state index in [4.69, 9.17) is 19.7 Å². The Morgan fingerprint density at radius 3 is 1.55 bits per heavy atom. The lowest BCUT2D eigenvalue weighted by molar-refractivity contribution is -0.145. The van der Waals surface area contributed by atoms with Crippen molar-refractivity contribution in [2.45, 2.75) is 53.8 Å². The Kier molecular flexibility index (Phi) is 12.2. The molecule has 2 atom stereocenters. The van der Waals surface area contributed by atoms with E-state index >= 15 is 0 Å². The number of hydrogen-bond donors (Lipinski definition) is 6. The smallest absolute Gasteiger partial charge is 0.316 e. The highest BCUT2D eigenvalue weighted by Gasteiger charge is 2.28. The van der Waals surface area contributed by atoms with Crippen molar-refractivity contribution in [3.8, 4) is 23.0 Å². The molecule has 0 amide bonds. The van der Waals surface area contributed by atoms with Gasteiger partial charge in [-0.3, -0.25) is 9.59 Å². The zero-order chi connectivity index (χ0) is 29.3. The van der Waals surface area contributed by atoms with Crippen molar-refractivity contribution in [3.05, 3.63) is 47.5 Å². The summed E-state index contributed by atoms with van der Waals surface area (Å²) in [5.41, 5.74) is -0.285. The van der Waals surface area contributed by atoms with Gasteiger partial charge >= 0.3 is 11.9 Å². The Bertz CT molecular complexity index is 1070. The van der Waals surface area contributed by atoms with Gasteiger partial charge in [0.25, 0.3) is 0 Å². The molecule has 10 heteroatoms. The quantitative estimate of drug-likeness (QED) is 0.169. The fourth-order valence-corrected chi connectivity index (χ4v) is 2.77. The topological polar surface area (TPSA) is 158 Å². The van der Waals surface area contributed by atoms with Crippen molar-refractivity contribution in [2.75, 3.05) is 27.2 Å². The van der Waals surface area contributed by atoms with E-state index < -0.39 is 35.0 Å². The minimum atomic E-state index is -0.774. The van der Waals surface area contributed by atoms with Gasteiger partial charge in [-0.05, 0) is 91.0 Å². The number of nitrogens with one attached hydrogen (secondary N) is 2. The number of rotatable bonds is 8. The number of phenols is 2. The molecule has 2 rings (SSSR count). The van der Waals surface area contributed by atoms with Gasteiger partial charge < -0.3 is 40.5 Å². The number of aliphatic hydroxyl groups is 2. The summed E-state index contributed by atoms with van der Waals surface area (Å²) in [5.74, 6) is -1.03. The van der Waals surface area contributed by atoms with E-state index in [0.29, 0.717) is 24.2 Å². The third kappa shape index (κ3) is 10.3. The van der Waals surface area contributed by atoms with Crippen molar-refractivity contribution in [3.63, 3.8) is 0 Å². The summed E-state index contributed by atoms with van der Waals surface area (Å²) in [6.45, 7) is 11.2. The summed E-state index contributed by atoms with van der Waals surface area (Å²) in [4.78, 5) is 24.4. The zero-order valence-electron chi connectivity index (χ0n) is 23.5. The zero-order valence-corrected chi connectivity index (χ0v) is 23.5. The number of ether oxygens (including phenoxy) is 2. The second-order valence-corrected chi connectivity index (χ2v) is 10.9. The highest BCUT2D eigenvalue weighted by atomic mass is 16.6. The lowest BCUT2D eigenvalue weighted by atomic mass is 9.97. The van der Waals surface area contributed by atoms with Crippen molar-refractivity contribution >= 4 is 11.9 Å². The Morgan fingerprint density at radius 2 is 1.13 bits per heavy atom. The van der Waals surface area contributed by atoms with Gasteiger partial charge in [0.05, 0.1) is 23.0 Å². The van der Waals surface area contributed by atoms with E-state index in [-0.39, 0.29) is 23.0 Å². The lowest BCUT2D eigenvalue weighted by Gasteiger charge is -2.21. The number of likely N-dealkylation sites (N-methyl/N-ethyl adjacent to an activating group) is 2. The van der Waals surface area contributed by atoms with Gasteiger partial charge in [-0.15, -0.1) is 0 Å². The van der Waals surface area contributed by atoms with Crippen LogP contribution in [0.4, 0.5) is 0 Å². The number of aromatic hydroxyl groups is 2. The lowest BCUT2D eigenvalue weighted by Crippen LogP contribution is -2.28. The number of esters is 2. The molecule has 1 unspecified atom stereocenters. The van der Waals surface area contributed by atoms with Crippen LogP contribution in [0.15, 0.2) is 36.4 Å². The minimum Gasteiger partial charge on any atom is -0.504 e. The van der Waals surface area contributed by atoms with Crippen LogP contribution in [0, 0.1) is 10.8 Å². The summed E-state index contributed by atoms with van der Waals surface area (Å²) < 4.78 is 10.8. The van der Waals surface area contributed by atoms with Crippen LogP contribution in [0.5, 0.6) is 23.0 Å². The Balaban J connectivity index is 0.000000464. The predicted molar refractivity (Wildman–Crippen MR) is 144 cm³/mol. The van der Waals surface area contributed by atoms with Crippen LogP contribution >= 0.6 is 0 Å². The van der Waals surface area contributed by atoms with Gasteiger partial charge in [0, 0.05) is 13.1 Å². The fraction of sp³-hybridized carbons (Fsp3) is 0.500. The van der Waals surface area contributed by atoms with Crippen molar-refractivity contribution < 1.29 is 39.5 Å². The number of hydrogen-bond acceptors (Lipinski definition) is 10. The van der Waals surface area contributed by atoms with Crippen LogP contribution in [0.2, 0.25) is 0 Å². The first-order chi connectivity index (χ1) is 17.5. The summed E-state index contributed by atoms with van der Waals surface area (Å²) in [7, 11) is 3.45. The standard InChI is InChI=1S/C19H29NO5.C9H13NO3/c1-18(2,3)16(22)24-14-9-8-12(13(21)11-20-7)10-15(14)25-17(23)19(4,5)6;1-10-5-9(13)6-2-3-7(11)8(12)4-6/h8-10,13,20-21H,11H2,1-7H3;2-4,9-13H,5H2,1H3/t;9-/m.0/s1. The highest BCUT2D eigenvalue weighted by molar-refractivity contribution is 5.81. The van der Waals surface area contributed by atoms with Gasteiger partial charge in [-0.25, -0.2) is 0 Å². The maximum Gasteiger partial charge on any atom is 0.316 e. The molecule has 0 heterocycles. The normalized spacial score (nSPS) is 13.1. The van der Waals surface area contributed by atoms with Crippen LogP contribution in [0.3, 0.4) is 0 Å². The van der Waals surface area contributed by atoms with E-state index in [1.165, 1.54) is 24.3 Å². The number of benzene rings is 2. The van der Waals surface area contributed by atoms with Gasteiger partial charge in [0.15, 0.2) is 23.0 Å². The van der Waals surface area contributed by atoms with Gasteiger partial charge in [0.2, 0.25) is 0 Å². The first-order valence-electron chi connectivity index (χ1n) is 12.3. The molecule has 6 N–H and O–H groups in total. The molecule has 0 bridgehead atoms. The first kappa shape index (κ1) is 32.8. The number of carbonyl (C=O) groups excluding carboxylic acids is 2. The molecular weight excluding hydrogens is 492 g/mol. The SMILES string of the molecule is CNCC(O)c1ccc(OC(=O)C(C)(C)C)c(OC(=O)C(C)(C)C)c1.CNC[C@H](O)c1ccc(O)c(O)c1. The monoisotopic (exact) mass is 534 g/mol. The molecule has 0 radical (unpaired) electrons. The van der Waals surface area contributed by atoms with Gasteiger partial charge in [-0.1, -0.05) is 12.1 Å². The molecule has 0 aliphatic heterocycles. The molecule has 0 aliphatic rings. The molecule has 0 aliphatic carbocycles. The number of phenolic OH excluding ortho intramolecular Hbond substituents is 2. The largest absolute Gasteiger partial charge is 0.504 e. The maximum absolute atomic E-state index is 12.2. The number of carbonyl (C=O) groups is 2. The molecule has 0 spiro atoms. The molecule has 10 nitrogen and oxygen atoms in total. The van der Waals surface area contributed by atoms with Crippen LogP contribution in [-0.4, -0.2) is 59.5 Å². The maximum atomic E-state index is 12.2. The summed E-state index contributed by atoms with van der Waals surface area (Å²) in [6, 6.07) is 8.96. The van der Waals surface area contributed by atoms with E-state index in [1.807, 2.05) is 0 Å². The van der Waals surface area contributed by atoms with E-state index in [1.54, 1.807) is 67.8 Å². The van der Waals surface area contributed by atoms with Gasteiger partial charge in [-0.2, -0.15) is 0 Å². The van der Waals surface area contributed by atoms with Crippen LogP contribution in [-0.2, 0) is 9.59 Å². The Labute approximate surface area is 224 Å². The van der Waals surface area contributed by atoms with Crippen molar-refractivity contribution in [1.82, 2.24) is 10.6 Å². The third-order valence-electron chi connectivity index (χ3n) is 5.16. The molecule has 38 heavy (non-hydrogen) atoms. The van der Waals surface area contributed by atoms with Gasteiger partial charge in [0.1, 0.15) is 0 Å². The summed E-state index contributed by atoms with van der Waals surface area (Å²) in [5, 5.41) is 43.4. The molecule has 2 aromatic rings. The molecule has 0 aromatic heterocycles. The molecule has 212 valence electrons.